The van der Waals surface area contributed by atoms with E-state index >= 15 is 0 Å². The lowest BCUT2D eigenvalue weighted by Crippen LogP contribution is -2.40. The Labute approximate surface area is 113 Å². The number of pyridine rings is 1. The smallest absolute Gasteiger partial charge is 0.410 e. The van der Waals surface area contributed by atoms with Gasteiger partial charge in [0.05, 0.1) is 17.9 Å². The van der Waals surface area contributed by atoms with Crippen molar-refractivity contribution in [1.82, 2.24) is 9.88 Å². The lowest BCUT2D eigenvalue weighted by atomic mass is 10.0. The molecule has 104 valence electrons. The van der Waals surface area contributed by atoms with Crippen LogP contribution >= 0.6 is 0 Å². The van der Waals surface area contributed by atoms with E-state index in [0.717, 1.165) is 23.4 Å². The maximum Gasteiger partial charge on any atom is 0.410 e. The van der Waals surface area contributed by atoms with Crippen LogP contribution in [0.3, 0.4) is 0 Å². The second-order valence-corrected chi connectivity index (χ2v) is 5.92. The first-order chi connectivity index (χ1) is 8.76. The van der Waals surface area contributed by atoms with E-state index in [0.29, 0.717) is 18.8 Å². The molecule has 0 unspecified atom stereocenters. The van der Waals surface area contributed by atoms with E-state index in [9.17, 15) is 4.79 Å². The summed E-state index contributed by atoms with van der Waals surface area (Å²) in [5, 5.41) is 0. The van der Waals surface area contributed by atoms with E-state index in [1.807, 2.05) is 33.8 Å². The molecule has 1 aromatic heterocycles. The molecule has 5 heteroatoms. The first-order valence-electron chi connectivity index (χ1n) is 6.49. The summed E-state index contributed by atoms with van der Waals surface area (Å²) in [5.74, 6) is 0. The Bertz CT molecular complexity index is 506. The zero-order valence-corrected chi connectivity index (χ0v) is 12.0. The van der Waals surface area contributed by atoms with Crippen LogP contribution in [0, 0.1) is 6.92 Å². The number of aromatic nitrogens is 1. The van der Waals surface area contributed by atoms with Crippen LogP contribution in [0.4, 0.5) is 10.5 Å². The summed E-state index contributed by atoms with van der Waals surface area (Å²) >= 11 is 0. The summed E-state index contributed by atoms with van der Waals surface area (Å²) in [7, 11) is 0. The average molecular weight is 263 g/mol. The Balaban J connectivity index is 2.14. The third-order valence-corrected chi connectivity index (χ3v) is 3.05. The van der Waals surface area contributed by atoms with Crippen molar-refractivity contribution < 1.29 is 9.53 Å². The lowest BCUT2D eigenvalue weighted by Gasteiger charge is -2.31. The number of rotatable bonds is 0. The van der Waals surface area contributed by atoms with Gasteiger partial charge >= 0.3 is 6.09 Å². The minimum Gasteiger partial charge on any atom is -0.444 e. The second kappa shape index (κ2) is 4.72. The number of carbonyl (C=O) groups excluding carboxylic acids is 1. The molecule has 0 aliphatic carbocycles. The molecule has 19 heavy (non-hydrogen) atoms. The maximum absolute atomic E-state index is 12.0. The van der Waals surface area contributed by atoms with Gasteiger partial charge in [-0.05, 0) is 39.3 Å². The van der Waals surface area contributed by atoms with E-state index in [1.54, 1.807) is 4.90 Å². The molecule has 0 atom stereocenters. The highest BCUT2D eigenvalue weighted by Gasteiger charge is 2.26. The van der Waals surface area contributed by atoms with Gasteiger partial charge in [0.1, 0.15) is 5.60 Å². The maximum atomic E-state index is 12.0. The van der Waals surface area contributed by atoms with Crippen LogP contribution in [-0.4, -0.2) is 28.1 Å². The van der Waals surface area contributed by atoms with Crippen molar-refractivity contribution in [3.05, 3.63) is 23.0 Å². The number of ether oxygens (including phenoxy) is 1. The summed E-state index contributed by atoms with van der Waals surface area (Å²) in [6.45, 7) is 8.65. The van der Waals surface area contributed by atoms with Crippen LogP contribution in [-0.2, 0) is 17.7 Å². The number of amides is 1. The summed E-state index contributed by atoms with van der Waals surface area (Å²) < 4.78 is 5.38. The van der Waals surface area contributed by atoms with Crippen molar-refractivity contribution in [2.24, 2.45) is 0 Å². The number of carbonyl (C=O) groups is 1. The molecular weight excluding hydrogens is 242 g/mol. The highest BCUT2D eigenvalue weighted by molar-refractivity contribution is 5.68. The van der Waals surface area contributed by atoms with Gasteiger partial charge in [0, 0.05) is 18.7 Å². The summed E-state index contributed by atoms with van der Waals surface area (Å²) in [6, 6.07) is 1.91. The molecule has 1 amide bonds. The molecule has 0 spiro atoms. The van der Waals surface area contributed by atoms with Crippen molar-refractivity contribution in [3.63, 3.8) is 0 Å². The third kappa shape index (κ3) is 3.16. The van der Waals surface area contributed by atoms with Gasteiger partial charge in [-0.25, -0.2) is 4.79 Å². The molecule has 0 saturated carbocycles. The normalized spacial score (nSPS) is 15.1. The zero-order chi connectivity index (χ0) is 14.2. The summed E-state index contributed by atoms with van der Waals surface area (Å²) in [4.78, 5) is 18.2. The van der Waals surface area contributed by atoms with Gasteiger partial charge in [-0.3, -0.25) is 4.98 Å². The van der Waals surface area contributed by atoms with E-state index in [2.05, 4.69) is 4.98 Å². The second-order valence-electron chi connectivity index (χ2n) is 5.92. The summed E-state index contributed by atoms with van der Waals surface area (Å²) in [5.41, 5.74) is 8.97. The van der Waals surface area contributed by atoms with E-state index < -0.39 is 5.60 Å². The molecule has 1 aliphatic heterocycles. The number of anilines is 1. The van der Waals surface area contributed by atoms with Gasteiger partial charge in [0.2, 0.25) is 0 Å². The minimum absolute atomic E-state index is 0.280. The minimum atomic E-state index is -0.470. The first-order valence-corrected chi connectivity index (χ1v) is 6.49. The molecule has 5 nitrogen and oxygen atoms in total. The average Bonchev–Trinajstić information content (AvgIpc) is 2.27. The third-order valence-electron chi connectivity index (χ3n) is 3.05. The van der Waals surface area contributed by atoms with Crippen molar-refractivity contribution in [3.8, 4) is 0 Å². The monoisotopic (exact) mass is 263 g/mol. The van der Waals surface area contributed by atoms with Crippen LogP contribution in [0.1, 0.15) is 37.7 Å². The van der Waals surface area contributed by atoms with Crippen LogP contribution in [0.25, 0.3) is 0 Å². The van der Waals surface area contributed by atoms with Gasteiger partial charge in [0.15, 0.2) is 0 Å². The number of nitrogen functional groups attached to an aromatic ring is 1. The van der Waals surface area contributed by atoms with Crippen LogP contribution in [0.5, 0.6) is 0 Å². The Morgan fingerprint density at radius 2 is 2.16 bits per heavy atom. The van der Waals surface area contributed by atoms with Crippen LogP contribution in [0.15, 0.2) is 6.07 Å². The Kier molecular flexibility index (Phi) is 3.39. The topological polar surface area (TPSA) is 68.5 Å². The molecule has 2 heterocycles. The zero-order valence-electron chi connectivity index (χ0n) is 12.0. The van der Waals surface area contributed by atoms with Gasteiger partial charge in [-0.15, -0.1) is 0 Å². The van der Waals surface area contributed by atoms with Crippen molar-refractivity contribution in [2.75, 3.05) is 12.3 Å². The fraction of sp³-hybridized carbons (Fsp3) is 0.571. The van der Waals surface area contributed by atoms with E-state index in [1.165, 1.54) is 0 Å². The Hall–Kier alpha value is -1.78. The van der Waals surface area contributed by atoms with Crippen LogP contribution in [0.2, 0.25) is 0 Å². The number of fused-ring (bicyclic) bond motifs is 1. The lowest BCUT2D eigenvalue weighted by molar-refractivity contribution is 0.0223. The first kappa shape index (κ1) is 13.6. The highest BCUT2D eigenvalue weighted by Crippen LogP contribution is 2.22. The standard InChI is InChI=1S/C14H21N3O2/c1-9-11(15)7-10-8-17(6-5-12(10)16-9)13(18)19-14(2,3)4/h7H,5-6,8,15H2,1-4H3. The SMILES string of the molecule is Cc1nc2c(cc1N)CN(C(=O)OC(C)(C)C)CC2. The molecule has 0 fully saturated rings. The molecule has 0 radical (unpaired) electrons. The Morgan fingerprint density at radius 1 is 1.47 bits per heavy atom. The van der Waals surface area contributed by atoms with Crippen molar-refractivity contribution in [2.45, 2.75) is 46.3 Å². The van der Waals surface area contributed by atoms with Gasteiger partial charge in [-0.2, -0.15) is 0 Å². The molecule has 2 N–H and O–H groups in total. The predicted molar refractivity (Wildman–Crippen MR) is 73.7 cm³/mol. The molecular formula is C14H21N3O2. The quantitative estimate of drug-likeness (QED) is 0.779. The number of nitrogens with two attached hydrogens (primary N) is 1. The van der Waals surface area contributed by atoms with Crippen molar-refractivity contribution >= 4 is 11.8 Å². The van der Waals surface area contributed by atoms with E-state index in [4.69, 9.17) is 10.5 Å². The number of hydrogen-bond donors (Lipinski definition) is 1. The molecule has 0 saturated heterocycles. The van der Waals surface area contributed by atoms with Crippen molar-refractivity contribution in [1.29, 1.82) is 0 Å². The largest absolute Gasteiger partial charge is 0.444 e. The number of nitrogens with zero attached hydrogens (tertiary/aromatic N) is 2. The molecule has 0 bridgehead atoms. The van der Waals surface area contributed by atoms with Gasteiger partial charge in [0.25, 0.3) is 0 Å². The number of aryl methyl sites for hydroxylation is 1. The molecule has 2 rings (SSSR count). The number of hydrogen-bond acceptors (Lipinski definition) is 4. The molecule has 0 aromatic carbocycles. The van der Waals surface area contributed by atoms with E-state index in [-0.39, 0.29) is 6.09 Å². The summed E-state index contributed by atoms with van der Waals surface area (Å²) in [6.07, 6.45) is 0.465. The Morgan fingerprint density at radius 3 is 2.79 bits per heavy atom. The highest BCUT2D eigenvalue weighted by atomic mass is 16.6. The fourth-order valence-electron chi connectivity index (χ4n) is 2.08. The fourth-order valence-corrected chi connectivity index (χ4v) is 2.08. The van der Waals surface area contributed by atoms with Gasteiger partial charge in [-0.1, -0.05) is 0 Å². The molecule has 1 aromatic rings. The van der Waals surface area contributed by atoms with Crippen LogP contribution < -0.4 is 5.73 Å². The predicted octanol–water partition coefficient (Wildman–Crippen LogP) is 2.27. The van der Waals surface area contributed by atoms with Gasteiger partial charge < -0.3 is 15.4 Å². The molecule has 1 aliphatic rings.